The number of fused-ring (bicyclic) bond motifs is 1. The lowest BCUT2D eigenvalue weighted by Crippen LogP contribution is -2.63. The van der Waals surface area contributed by atoms with Crippen LogP contribution in [0.2, 0.25) is 0 Å². The lowest BCUT2D eigenvalue weighted by molar-refractivity contribution is -0.166. The van der Waals surface area contributed by atoms with Crippen LogP contribution in [0.5, 0.6) is 11.5 Å². The molecule has 8 rings (SSSR count). The van der Waals surface area contributed by atoms with Gasteiger partial charge >= 0.3 is 0 Å². The van der Waals surface area contributed by atoms with Crippen LogP contribution >= 0.6 is 0 Å². The number of carbonyl (C=O) groups is 4. The van der Waals surface area contributed by atoms with Crippen molar-refractivity contribution >= 4 is 35.0 Å². The molecule has 4 fully saturated rings. The first-order valence-corrected chi connectivity index (χ1v) is 12.2. The van der Waals surface area contributed by atoms with Gasteiger partial charge in [-0.25, -0.2) is 9.80 Å². The summed E-state index contributed by atoms with van der Waals surface area (Å²) in [5, 5.41) is 0. The summed E-state index contributed by atoms with van der Waals surface area (Å²) in [5.41, 5.74) is 0.981. The largest absolute Gasteiger partial charge is 0.497 e. The lowest BCUT2D eigenvalue weighted by atomic mass is 9.40. The van der Waals surface area contributed by atoms with E-state index in [9.17, 15) is 19.2 Å². The van der Waals surface area contributed by atoms with Gasteiger partial charge in [-0.15, -0.1) is 0 Å². The molecule has 2 bridgehead atoms. The number of rotatable bonds is 4. The van der Waals surface area contributed by atoms with Crippen molar-refractivity contribution in [3.8, 4) is 11.5 Å². The van der Waals surface area contributed by atoms with Gasteiger partial charge in [0.25, 0.3) is 0 Å². The summed E-state index contributed by atoms with van der Waals surface area (Å²) >= 11 is 0. The molecular weight excluding hydrogens is 460 g/mol. The van der Waals surface area contributed by atoms with E-state index in [-0.39, 0.29) is 47.3 Å². The van der Waals surface area contributed by atoms with Crippen LogP contribution in [0.3, 0.4) is 0 Å². The summed E-state index contributed by atoms with van der Waals surface area (Å²) in [6.45, 7) is 0. The molecule has 2 heterocycles. The van der Waals surface area contributed by atoms with Gasteiger partial charge in [0.15, 0.2) is 0 Å². The van der Waals surface area contributed by atoms with Gasteiger partial charge in [-0.05, 0) is 47.9 Å². The monoisotopic (exact) mass is 484 g/mol. The number of ether oxygens (including phenoxy) is 2. The third kappa shape index (κ3) is 2.49. The highest BCUT2D eigenvalue weighted by atomic mass is 16.5. The number of imide groups is 2. The second-order valence-corrected chi connectivity index (χ2v) is 10.2. The Morgan fingerprint density at radius 3 is 1.36 bits per heavy atom. The SMILES string of the molecule is COc1cccc(N2C(=O)[C@@H]3[C@H]4C=C[C@@H]([C@@H]3C2=O)[C@@H]2[C@@H]3C(=O)N(c5cccc(OC)c5)C(=O)[C@@H]3[C@H]42)c1. The molecule has 8 heteroatoms. The quantitative estimate of drug-likeness (QED) is 0.489. The van der Waals surface area contributed by atoms with Crippen LogP contribution in [0.25, 0.3) is 0 Å². The van der Waals surface area contributed by atoms with Crippen LogP contribution < -0.4 is 19.3 Å². The molecule has 4 aliphatic carbocycles. The fourth-order valence-electron chi connectivity index (χ4n) is 7.61. The zero-order valence-corrected chi connectivity index (χ0v) is 19.7. The number of carbonyl (C=O) groups excluding carboxylic acids is 4. The number of hydrogen-bond donors (Lipinski definition) is 0. The highest BCUT2D eigenvalue weighted by molar-refractivity contribution is 6.25. The maximum absolute atomic E-state index is 13.7. The van der Waals surface area contributed by atoms with E-state index in [0.717, 1.165) is 0 Å². The van der Waals surface area contributed by atoms with Crippen molar-refractivity contribution in [1.82, 2.24) is 0 Å². The predicted molar refractivity (Wildman–Crippen MR) is 128 cm³/mol. The maximum atomic E-state index is 13.7. The van der Waals surface area contributed by atoms with Gasteiger partial charge in [0, 0.05) is 12.1 Å². The molecule has 8 nitrogen and oxygen atoms in total. The zero-order valence-electron chi connectivity index (χ0n) is 19.7. The molecule has 8 atom stereocenters. The first-order chi connectivity index (χ1) is 17.5. The minimum Gasteiger partial charge on any atom is -0.497 e. The van der Waals surface area contributed by atoms with Crippen LogP contribution in [0.15, 0.2) is 60.7 Å². The van der Waals surface area contributed by atoms with Crippen molar-refractivity contribution < 1.29 is 28.7 Å². The van der Waals surface area contributed by atoms with Gasteiger partial charge in [0.05, 0.1) is 49.3 Å². The molecule has 4 amide bonds. The zero-order chi connectivity index (χ0) is 24.9. The maximum Gasteiger partial charge on any atom is 0.238 e. The minimum atomic E-state index is -0.519. The van der Waals surface area contributed by atoms with Crippen LogP contribution in [-0.4, -0.2) is 37.8 Å². The molecule has 2 aromatic carbocycles. The first kappa shape index (κ1) is 21.4. The molecule has 182 valence electrons. The third-order valence-electron chi connectivity index (χ3n) is 8.97. The van der Waals surface area contributed by atoms with E-state index >= 15 is 0 Å². The van der Waals surface area contributed by atoms with E-state index in [2.05, 4.69) is 0 Å². The van der Waals surface area contributed by atoms with E-state index in [1.54, 1.807) is 48.5 Å². The van der Waals surface area contributed by atoms with E-state index in [0.29, 0.717) is 22.9 Å². The molecule has 0 aromatic heterocycles. The van der Waals surface area contributed by atoms with Crippen molar-refractivity contribution in [2.45, 2.75) is 0 Å². The molecule has 36 heavy (non-hydrogen) atoms. The van der Waals surface area contributed by atoms with Gasteiger partial charge in [-0.2, -0.15) is 0 Å². The lowest BCUT2D eigenvalue weighted by Gasteiger charge is -2.60. The van der Waals surface area contributed by atoms with E-state index in [4.69, 9.17) is 9.47 Å². The molecule has 2 aliphatic heterocycles. The Morgan fingerprint density at radius 2 is 0.972 bits per heavy atom. The van der Waals surface area contributed by atoms with Gasteiger partial charge in [-0.3, -0.25) is 19.2 Å². The van der Waals surface area contributed by atoms with Gasteiger partial charge in [0.1, 0.15) is 11.5 Å². The average Bonchev–Trinajstić information content (AvgIpc) is 3.27. The molecule has 2 aromatic rings. The average molecular weight is 485 g/mol. The molecule has 2 saturated carbocycles. The summed E-state index contributed by atoms with van der Waals surface area (Å²) in [5.74, 6) is -2.52. The van der Waals surface area contributed by atoms with Crippen molar-refractivity contribution in [3.63, 3.8) is 0 Å². The summed E-state index contributed by atoms with van der Waals surface area (Å²) in [4.78, 5) is 57.0. The van der Waals surface area contributed by atoms with Gasteiger partial charge in [0.2, 0.25) is 23.6 Å². The number of amides is 4. The normalized spacial score (nSPS) is 35.5. The highest BCUT2D eigenvalue weighted by Crippen LogP contribution is 2.68. The third-order valence-corrected chi connectivity index (χ3v) is 8.97. The van der Waals surface area contributed by atoms with E-state index < -0.39 is 23.7 Å². The number of allylic oxidation sites excluding steroid dienone is 2. The predicted octanol–water partition coefficient (Wildman–Crippen LogP) is 2.68. The number of methoxy groups -OCH3 is 2. The van der Waals surface area contributed by atoms with Crippen molar-refractivity contribution in [3.05, 3.63) is 60.7 Å². The van der Waals surface area contributed by atoms with Crippen LogP contribution in [0, 0.1) is 47.3 Å². The number of hydrogen-bond acceptors (Lipinski definition) is 6. The summed E-state index contributed by atoms with van der Waals surface area (Å²) in [7, 11) is 3.08. The van der Waals surface area contributed by atoms with Crippen LogP contribution in [0.4, 0.5) is 11.4 Å². The Labute approximate surface area is 207 Å². The summed E-state index contributed by atoms with van der Waals surface area (Å²) in [6.07, 6.45) is 4.02. The first-order valence-electron chi connectivity index (χ1n) is 12.2. The molecular formula is C28H24N2O6. The van der Waals surface area contributed by atoms with Gasteiger partial charge < -0.3 is 9.47 Å². The van der Waals surface area contributed by atoms with Crippen LogP contribution in [-0.2, 0) is 19.2 Å². The minimum absolute atomic E-state index is 0.125. The van der Waals surface area contributed by atoms with Crippen molar-refractivity contribution in [1.29, 1.82) is 0 Å². The standard InChI is InChI=1S/C28H24N2O6/c1-35-15-7-3-5-13(11-15)29-25(31)21-17-9-10-18(22(21)26(29)32)20-19(17)23-24(20)28(34)30(27(23)33)14-6-4-8-16(12-14)36-2/h3-12,17-24H,1-2H3/t17-,18+,19+,20-,21+,22-,23+,24-. The molecule has 6 aliphatic rings. The molecule has 0 spiro atoms. The number of nitrogens with zero attached hydrogens (tertiary/aromatic N) is 2. The fraction of sp³-hybridized carbons (Fsp3) is 0.357. The van der Waals surface area contributed by atoms with E-state index in [1.165, 1.54) is 24.0 Å². The van der Waals surface area contributed by atoms with Crippen molar-refractivity contribution in [2.24, 2.45) is 47.3 Å². The second kappa shape index (κ2) is 7.29. The molecule has 0 N–H and O–H groups in total. The van der Waals surface area contributed by atoms with Crippen molar-refractivity contribution in [2.75, 3.05) is 24.0 Å². The Kier molecular flexibility index (Phi) is 4.32. The number of anilines is 2. The fourth-order valence-corrected chi connectivity index (χ4v) is 7.61. The Bertz CT molecular complexity index is 1330. The number of benzene rings is 2. The van der Waals surface area contributed by atoms with Gasteiger partial charge in [-0.1, -0.05) is 24.3 Å². The topological polar surface area (TPSA) is 93.2 Å². The summed E-state index contributed by atoms with van der Waals surface area (Å²) < 4.78 is 10.6. The summed E-state index contributed by atoms with van der Waals surface area (Å²) in [6, 6.07) is 13.9. The smallest absolute Gasteiger partial charge is 0.238 e. The van der Waals surface area contributed by atoms with Crippen LogP contribution in [0.1, 0.15) is 0 Å². The Balaban J connectivity index is 1.24. The Hall–Kier alpha value is -3.94. The second-order valence-electron chi connectivity index (χ2n) is 10.2. The molecule has 0 unspecified atom stereocenters. The highest BCUT2D eigenvalue weighted by Gasteiger charge is 2.75. The molecule has 0 radical (unpaired) electrons. The Morgan fingerprint density at radius 1 is 0.583 bits per heavy atom. The molecule has 2 saturated heterocycles. The van der Waals surface area contributed by atoms with E-state index in [1.807, 2.05) is 12.2 Å².